The number of furan rings is 1. The minimum atomic E-state index is -0.184. The Bertz CT molecular complexity index is 630. The molecule has 0 spiro atoms. The molecule has 0 aromatic carbocycles. The monoisotopic (exact) mass is 286 g/mol. The summed E-state index contributed by atoms with van der Waals surface area (Å²) in [6.45, 7) is 1.23. The van der Waals surface area contributed by atoms with Crippen molar-refractivity contribution < 1.29 is 9.21 Å². The summed E-state index contributed by atoms with van der Waals surface area (Å²) in [5.41, 5.74) is 2.09. The van der Waals surface area contributed by atoms with Crippen LogP contribution in [0.15, 0.2) is 29.1 Å². The molecule has 0 radical (unpaired) electrons. The minimum Gasteiger partial charge on any atom is -0.467 e. The highest BCUT2D eigenvalue weighted by molar-refractivity contribution is 5.83. The summed E-state index contributed by atoms with van der Waals surface area (Å²) in [5, 5.41) is 3.31. The Kier molecular flexibility index (Phi) is 3.03. The largest absolute Gasteiger partial charge is 0.467 e. The van der Waals surface area contributed by atoms with Crippen molar-refractivity contribution in [3.05, 3.63) is 41.9 Å². The first-order valence-corrected chi connectivity index (χ1v) is 7.38. The van der Waals surface area contributed by atoms with Crippen molar-refractivity contribution in [2.75, 3.05) is 0 Å². The topological polar surface area (TPSA) is 74.2 Å². The molecule has 2 aromatic heterocycles. The molecule has 6 nitrogen and oxygen atoms in total. The van der Waals surface area contributed by atoms with E-state index in [1.165, 1.54) is 0 Å². The Morgan fingerprint density at radius 1 is 1.48 bits per heavy atom. The molecule has 1 atom stereocenters. The zero-order valence-electron chi connectivity index (χ0n) is 11.7. The van der Waals surface area contributed by atoms with E-state index in [-0.39, 0.29) is 11.9 Å². The van der Waals surface area contributed by atoms with E-state index in [0.717, 1.165) is 30.0 Å². The van der Waals surface area contributed by atoms with Gasteiger partial charge < -0.3 is 14.3 Å². The lowest BCUT2D eigenvalue weighted by Gasteiger charge is -2.29. The van der Waals surface area contributed by atoms with E-state index in [1.54, 1.807) is 12.6 Å². The van der Waals surface area contributed by atoms with Crippen LogP contribution in [0.3, 0.4) is 0 Å². The Hall–Kier alpha value is -2.08. The molecule has 1 aliphatic heterocycles. The van der Waals surface area contributed by atoms with Gasteiger partial charge in [-0.25, -0.2) is 4.98 Å². The Morgan fingerprint density at radius 3 is 3.14 bits per heavy atom. The van der Waals surface area contributed by atoms with Crippen LogP contribution in [0.1, 0.15) is 30.0 Å². The molecule has 2 aliphatic rings. The number of imidazole rings is 1. The molecule has 2 aromatic rings. The van der Waals surface area contributed by atoms with Gasteiger partial charge in [0.15, 0.2) is 0 Å². The first-order chi connectivity index (χ1) is 10.3. The molecule has 0 bridgehead atoms. The van der Waals surface area contributed by atoms with E-state index >= 15 is 0 Å². The minimum absolute atomic E-state index is 0.155. The van der Waals surface area contributed by atoms with E-state index in [2.05, 4.69) is 15.3 Å². The number of hydrogen-bond donors (Lipinski definition) is 2. The van der Waals surface area contributed by atoms with Crippen LogP contribution in [0, 0.1) is 0 Å². The van der Waals surface area contributed by atoms with Gasteiger partial charge in [-0.2, -0.15) is 0 Å². The fourth-order valence-electron chi connectivity index (χ4n) is 2.89. The van der Waals surface area contributed by atoms with Gasteiger partial charge in [0.25, 0.3) is 0 Å². The molecule has 110 valence electrons. The van der Waals surface area contributed by atoms with Crippen LogP contribution in [0.4, 0.5) is 0 Å². The molecule has 0 saturated heterocycles. The van der Waals surface area contributed by atoms with E-state index in [1.807, 2.05) is 17.0 Å². The third kappa shape index (κ3) is 2.47. The molecule has 3 heterocycles. The molecular formula is C15H18N4O2. The van der Waals surface area contributed by atoms with Crippen LogP contribution in [-0.4, -0.2) is 32.9 Å². The Labute approximate surface area is 122 Å². The summed E-state index contributed by atoms with van der Waals surface area (Å²) in [6, 6.07) is 3.96. The van der Waals surface area contributed by atoms with Crippen LogP contribution in [0.2, 0.25) is 0 Å². The molecule has 1 amide bonds. The third-order valence-electron chi connectivity index (χ3n) is 4.21. The second-order valence-corrected chi connectivity index (χ2v) is 5.74. The van der Waals surface area contributed by atoms with E-state index in [4.69, 9.17) is 4.42 Å². The van der Waals surface area contributed by atoms with Crippen LogP contribution in [0.5, 0.6) is 0 Å². The molecule has 21 heavy (non-hydrogen) atoms. The van der Waals surface area contributed by atoms with Gasteiger partial charge in [0, 0.05) is 19.0 Å². The summed E-state index contributed by atoms with van der Waals surface area (Å²) < 4.78 is 5.39. The highest BCUT2D eigenvalue weighted by Gasteiger charge is 2.37. The van der Waals surface area contributed by atoms with Crippen LogP contribution >= 0.6 is 0 Å². The number of aromatic nitrogens is 2. The summed E-state index contributed by atoms with van der Waals surface area (Å²) in [5.74, 6) is 0.995. The number of carbonyl (C=O) groups excluding carboxylic acids is 1. The normalized spacial score (nSPS) is 21.0. The van der Waals surface area contributed by atoms with Gasteiger partial charge in [0.1, 0.15) is 5.76 Å². The maximum absolute atomic E-state index is 12.8. The lowest BCUT2D eigenvalue weighted by Crippen LogP contribution is -2.50. The van der Waals surface area contributed by atoms with Gasteiger partial charge in [-0.1, -0.05) is 0 Å². The number of carbonyl (C=O) groups is 1. The van der Waals surface area contributed by atoms with Gasteiger partial charge in [-0.15, -0.1) is 0 Å². The number of aromatic amines is 1. The second kappa shape index (κ2) is 5.04. The molecule has 1 aliphatic carbocycles. The molecule has 1 unspecified atom stereocenters. The standard InChI is InChI=1S/C15H18N4O2/c20-15(13-6-12-14(7-16-13)18-9-17-12)19(10-3-4-10)8-11-2-1-5-21-11/h1-2,5,9-10,13,16H,3-4,6-8H2,(H,17,18). The zero-order valence-corrected chi connectivity index (χ0v) is 11.7. The highest BCUT2D eigenvalue weighted by atomic mass is 16.3. The predicted octanol–water partition coefficient (Wildman–Crippen LogP) is 1.21. The highest BCUT2D eigenvalue weighted by Crippen LogP contribution is 2.29. The number of hydrogen-bond acceptors (Lipinski definition) is 4. The number of nitrogens with one attached hydrogen (secondary N) is 2. The van der Waals surface area contributed by atoms with Crippen LogP contribution in [-0.2, 0) is 24.3 Å². The number of rotatable bonds is 4. The van der Waals surface area contributed by atoms with Gasteiger partial charge in [-0.05, 0) is 25.0 Å². The summed E-state index contributed by atoms with van der Waals surface area (Å²) in [4.78, 5) is 22.2. The average Bonchev–Trinajstić information content (AvgIpc) is 3.02. The quantitative estimate of drug-likeness (QED) is 0.886. The van der Waals surface area contributed by atoms with Crippen molar-refractivity contribution in [3.8, 4) is 0 Å². The first-order valence-electron chi connectivity index (χ1n) is 7.38. The number of H-pyrrole nitrogens is 1. The van der Waals surface area contributed by atoms with Crippen molar-refractivity contribution in [1.29, 1.82) is 0 Å². The maximum Gasteiger partial charge on any atom is 0.240 e. The summed E-state index contributed by atoms with van der Waals surface area (Å²) >= 11 is 0. The SMILES string of the molecule is O=C(C1Cc2nc[nH]c2CN1)N(Cc1ccco1)C1CC1. The smallest absolute Gasteiger partial charge is 0.240 e. The molecule has 1 saturated carbocycles. The summed E-state index contributed by atoms with van der Waals surface area (Å²) in [6.07, 6.45) is 6.18. The third-order valence-corrected chi connectivity index (χ3v) is 4.21. The van der Waals surface area contributed by atoms with Crippen molar-refractivity contribution in [2.45, 2.75) is 44.4 Å². The predicted molar refractivity (Wildman–Crippen MR) is 75.2 cm³/mol. The second-order valence-electron chi connectivity index (χ2n) is 5.74. The number of nitrogens with zero attached hydrogens (tertiary/aromatic N) is 2. The Balaban J connectivity index is 1.49. The fraction of sp³-hybridized carbons (Fsp3) is 0.467. The van der Waals surface area contributed by atoms with Crippen molar-refractivity contribution in [1.82, 2.24) is 20.2 Å². The van der Waals surface area contributed by atoms with Crippen molar-refractivity contribution in [2.24, 2.45) is 0 Å². The zero-order chi connectivity index (χ0) is 14.2. The molecule has 6 heteroatoms. The maximum atomic E-state index is 12.8. The van der Waals surface area contributed by atoms with E-state index in [9.17, 15) is 4.79 Å². The van der Waals surface area contributed by atoms with Crippen molar-refractivity contribution in [3.63, 3.8) is 0 Å². The molecule has 2 N–H and O–H groups in total. The number of fused-ring (bicyclic) bond motifs is 1. The molecular weight excluding hydrogens is 268 g/mol. The van der Waals surface area contributed by atoms with Crippen LogP contribution < -0.4 is 5.32 Å². The van der Waals surface area contributed by atoms with E-state index in [0.29, 0.717) is 25.6 Å². The molecule has 4 rings (SSSR count). The lowest BCUT2D eigenvalue weighted by molar-refractivity contribution is -0.135. The van der Waals surface area contributed by atoms with Gasteiger partial charge >= 0.3 is 0 Å². The first kappa shape index (κ1) is 12.6. The van der Waals surface area contributed by atoms with Crippen molar-refractivity contribution >= 4 is 5.91 Å². The van der Waals surface area contributed by atoms with Gasteiger partial charge in [0.05, 0.1) is 36.6 Å². The Morgan fingerprint density at radius 2 is 2.38 bits per heavy atom. The summed E-state index contributed by atoms with van der Waals surface area (Å²) in [7, 11) is 0. The fourth-order valence-corrected chi connectivity index (χ4v) is 2.89. The number of amides is 1. The van der Waals surface area contributed by atoms with Gasteiger partial charge in [-0.3, -0.25) is 10.1 Å². The lowest BCUT2D eigenvalue weighted by atomic mass is 10.0. The van der Waals surface area contributed by atoms with E-state index < -0.39 is 0 Å². The average molecular weight is 286 g/mol. The van der Waals surface area contributed by atoms with Gasteiger partial charge in [0.2, 0.25) is 5.91 Å². The van der Waals surface area contributed by atoms with Crippen LogP contribution in [0.25, 0.3) is 0 Å². The molecule has 1 fully saturated rings.